The van der Waals surface area contributed by atoms with Gasteiger partial charge in [-0.15, -0.1) is 0 Å². The van der Waals surface area contributed by atoms with Crippen LogP contribution in [0.5, 0.6) is 0 Å². The van der Waals surface area contributed by atoms with Gasteiger partial charge >= 0.3 is 0 Å². The molecule has 1 heterocycles. The van der Waals surface area contributed by atoms with Crippen molar-refractivity contribution >= 4 is 21.8 Å². The quantitative estimate of drug-likeness (QED) is 0.751. The summed E-state index contributed by atoms with van der Waals surface area (Å²) in [7, 11) is 0. The zero-order valence-electron chi connectivity index (χ0n) is 9.90. The van der Waals surface area contributed by atoms with E-state index in [1.165, 1.54) is 6.92 Å². The van der Waals surface area contributed by atoms with E-state index < -0.39 is 12.2 Å². The van der Waals surface area contributed by atoms with Crippen LogP contribution in [0.1, 0.15) is 24.3 Å². The van der Waals surface area contributed by atoms with E-state index >= 15 is 0 Å². The zero-order valence-corrected chi connectivity index (χ0v) is 11.5. The number of aryl methyl sites for hydroxylation is 1. The molecule has 0 saturated heterocycles. The molecule has 96 valence electrons. The normalized spacial score (nSPS) is 14.4. The van der Waals surface area contributed by atoms with E-state index in [1.54, 1.807) is 10.6 Å². The van der Waals surface area contributed by atoms with Gasteiger partial charge in [-0.3, -0.25) is 4.79 Å². The minimum atomic E-state index is -1.30. The summed E-state index contributed by atoms with van der Waals surface area (Å²) in [6.07, 6.45) is 1.82. The number of carbonyl (C=O) groups excluding carboxylic acids is 1. The van der Waals surface area contributed by atoms with Gasteiger partial charge in [0, 0.05) is 23.8 Å². The predicted molar refractivity (Wildman–Crippen MR) is 67.8 cm³/mol. The summed E-state index contributed by atoms with van der Waals surface area (Å²) < 4.78 is 2.63. The molecule has 6 heteroatoms. The Hall–Kier alpha value is -0.850. The molecular formula is C11H17BrN2O3. The second-order valence-electron chi connectivity index (χ2n) is 4.17. The van der Waals surface area contributed by atoms with Crippen LogP contribution < -0.4 is 5.32 Å². The number of carbonyl (C=O) groups is 1. The monoisotopic (exact) mass is 304 g/mol. The fourth-order valence-electron chi connectivity index (χ4n) is 1.34. The van der Waals surface area contributed by atoms with Crippen molar-refractivity contribution in [2.45, 2.75) is 26.0 Å². The van der Waals surface area contributed by atoms with Crippen molar-refractivity contribution in [1.82, 2.24) is 9.88 Å². The fraction of sp³-hybridized carbons (Fsp3) is 0.545. The van der Waals surface area contributed by atoms with Crippen molar-refractivity contribution in [2.24, 2.45) is 0 Å². The Bertz CT molecular complexity index is 401. The van der Waals surface area contributed by atoms with Gasteiger partial charge in [0.15, 0.2) is 0 Å². The summed E-state index contributed by atoms with van der Waals surface area (Å²) in [4.78, 5) is 11.9. The lowest BCUT2D eigenvalue weighted by Crippen LogP contribution is -2.43. The van der Waals surface area contributed by atoms with Gasteiger partial charge in [-0.25, -0.2) is 0 Å². The predicted octanol–water partition coefficient (Wildman–Crippen LogP) is 0.744. The third kappa shape index (κ3) is 3.83. The average molecular weight is 305 g/mol. The van der Waals surface area contributed by atoms with Crippen molar-refractivity contribution in [1.29, 1.82) is 0 Å². The first kappa shape index (κ1) is 14.2. The third-order valence-electron chi connectivity index (χ3n) is 2.41. The maximum Gasteiger partial charge on any atom is 0.268 e. The number of nitrogens with zero attached hydrogens (tertiary/aromatic N) is 1. The van der Waals surface area contributed by atoms with Gasteiger partial charge in [-0.05, 0) is 35.8 Å². The number of hydrogen-bond acceptors (Lipinski definition) is 3. The summed E-state index contributed by atoms with van der Waals surface area (Å²) in [5.74, 6) is -0.272. The number of aromatic nitrogens is 1. The summed E-state index contributed by atoms with van der Waals surface area (Å²) in [5.41, 5.74) is -0.774. The SMILES string of the molecule is CCn1cc(Br)cc1C(=O)NCC(C)(O)CO. The largest absolute Gasteiger partial charge is 0.393 e. The first-order chi connectivity index (χ1) is 7.89. The summed E-state index contributed by atoms with van der Waals surface area (Å²) >= 11 is 3.31. The van der Waals surface area contributed by atoms with Gasteiger partial charge in [-0.2, -0.15) is 0 Å². The van der Waals surface area contributed by atoms with Crippen molar-refractivity contribution in [3.63, 3.8) is 0 Å². The molecule has 1 aromatic heterocycles. The Morgan fingerprint density at radius 3 is 2.82 bits per heavy atom. The van der Waals surface area contributed by atoms with Crippen LogP contribution in [0.15, 0.2) is 16.7 Å². The van der Waals surface area contributed by atoms with E-state index in [9.17, 15) is 9.90 Å². The molecule has 0 radical (unpaired) electrons. The van der Waals surface area contributed by atoms with Gasteiger partial charge < -0.3 is 20.1 Å². The maximum atomic E-state index is 11.9. The van der Waals surface area contributed by atoms with Crippen LogP contribution in [-0.4, -0.2) is 39.4 Å². The lowest BCUT2D eigenvalue weighted by molar-refractivity contribution is 0.00313. The second-order valence-corrected chi connectivity index (χ2v) is 5.08. The highest BCUT2D eigenvalue weighted by Crippen LogP contribution is 2.15. The highest BCUT2D eigenvalue weighted by atomic mass is 79.9. The Kier molecular flexibility index (Phi) is 4.73. The molecule has 0 aliphatic carbocycles. The number of rotatable bonds is 5. The maximum absolute atomic E-state index is 11.9. The van der Waals surface area contributed by atoms with E-state index in [2.05, 4.69) is 21.2 Å². The average Bonchev–Trinajstić information content (AvgIpc) is 2.67. The van der Waals surface area contributed by atoms with Crippen LogP contribution in [0.4, 0.5) is 0 Å². The molecule has 0 fully saturated rings. The summed E-state index contributed by atoms with van der Waals surface area (Å²) in [6.45, 7) is 3.69. The minimum absolute atomic E-state index is 0.00878. The van der Waals surface area contributed by atoms with Gasteiger partial charge in [0.05, 0.1) is 6.61 Å². The standard InChI is InChI=1S/C11H17BrN2O3/c1-3-14-5-8(12)4-9(14)10(16)13-6-11(2,17)7-15/h4-5,15,17H,3,6-7H2,1-2H3,(H,13,16). The molecular weight excluding hydrogens is 288 g/mol. The van der Waals surface area contributed by atoms with Gasteiger partial charge in [0.2, 0.25) is 0 Å². The van der Waals surface area contributed by atoms with Gasteiger partial charge in [-0.1, -0.05) is 0 Å². The molecule has 0 bridgehead atoms. The van der Waals surface area contributed by atoms with Crippen LogP contribution in [-0.2, 0) is 6.54 Å². The van der Waals surface area contributed by atoms with Crippen molar-refractivity contribution in [3.05, 3.63) is 22.4 Å². The van der Waals surface area contributed by atoms with Crippen LogP contribution in [0.2, 0.25) is 0 Å². The zero-order chi connectivity index (χ0) is 13.1. The molecule has 1 unspecified atom stereocenters. The molecule has 0 saturated carbocycles. The molecule has 0 aliphatic heterocycles. The van der Waals surface area contributed by atoms with Crippen LogP contribution in [0.25, 0.3) is 0 Å². The minimum Gasteiger partial charge on any atom is -0.393 e. The van der Waals surface area contributed by atoms with Crippen molar-refractivity contribution < 1.29 is 15.0 Å². The topological polar surface area (TPSA) is 74.5 Å². The molecule has 1 amide bonds. The molecule has 17 heavy (non-hydrogen) atoms. The van der Waals surface area contributed by atoms with Crippen LogP contribution in [0, 0.1) is 0 Å². The van der Waals surface area contributed by atoms with E-state index in [-0.39, 0.29) is 12.5 Å². The molecule has 3 N–H and O–H groups in total. The second kappa shape index (κ2) is 5.66. The van der Waals surface area contributed by atoms with E-state index in [0.717, 1.165) is 4.47 Å². The molecule has 0 aromatic carbocycles. The molecule has 0 spiro atoms. The molecule has 5 nitrogen and oxygen atoms in total. The number of nitrogens with one attached hydrogen (secondary N) is 1. The molecule has 1 atom stereocenters. The van der Waals surface area contributed by atoms with Crippen molar-refractivity contribution in [3.8, 4) is 0 Å². The Morgan fingerprint density at radius 1 is 1.65 bits per heavy atom. The highest BCUT2D eigenvalue weighted by Gasteiger charge is 2.21. The lowest BCUT2D eigenvalue weighted by atomic mass is 10.1. The molecule has 1 aromatic rings. The smallest absolute Gasteiger partial charge is 0.268 e. The lowest BCUT2D eigenvalue weighted by Gasteiger charge is -2.20. The number of amides is 1. The van der Waals surface area contributed by atoms with E-state index in [0.29, 0.717) is 12.2 Å². The first-order valence-electron chi connectivity index (χ1n) is 5.36. The van der Waals surface area contributed by atoms with E-state index in [1.807, 2.05) is 13.1 Å². The number of hydrogen-bond donors (Lipinski definition) is 3. The Morgan fingerprint density at radius 2 is 2.29 bits per heavy atom. The van der Waals surface area contributed by atoms with Crippen LogP contribution >= 0.6 is 15.9 Å². The summed E-state index contributed by atoms with van der Waals surface area (Å²) in [6, 6.07) is 1.71. The Balaban J connectivity index is 2.70. The van der Waals surface area contributed by atoms with E-state index in [4.69, 9.17) is 5.11 Å². The number of aliphatic hydroxyl groups excluding tert-OH is 1. The van der Waals surface area contributed by atoms with Crippen molar-refractivity contribution in [2.75, 3.05) is 13.2 Å². The molecule has 1 rings (SSSR count). The van der Waals surface area contributed by atoms with Gasteiger partial charge in [0.25, 0.3) is 5.91 Å². The number of aliphatic hydroxyl groups is 2. The highest BCUT2D eigenvalue weighted by molar-refractivity contribution is 9.10. The first-order valence-corrected chi connectivity index (χ1v) is 6.16. The van der Waals surface area contributed by atoms with Gasteiger partial charge in [0.1, 0.15) is 11.3 Å². The third-order valence-corrected chi connectivity index (χ3v) is 2.84. The van der Waals surface area contributed by atoms with Crippen LogP contribution in [0.3, 0.4) is 0 Å². The Labute approximate surface area is 109 Å². The fourth-order valence-corrected chi connectivity index (χ4v) is 1.81. The number of halogens is 1. The summed E-state index contributed by atoms with van der Waals surface area (Å²) in [5, 5.41) is 21.0. The molecule has 0 aliphatic rings.